The van der Waals surface area contributed by atoms with Crippen molar-refractivity contribution < 1.29 is 4.79 Å². The van der Waals surface area contributed by atoms with E-state index in [2.05, 4.69) is 22.1 Å². The molecule has 0 atom stereocenters. The fourth-order valence-electron chi connectivity index (χ4n) is 1.72. The van der Waals surface area contributed by atoms with Crippen molar-refractivity contribution in [2.45, 2.75) is 6.92 Å². The number of pyridine rings is 1. The number of nitrogens with zero attached hydrogens (tertiary/aromatic N) is 2. The Bertz CT molecular complexity index is 581. The molecular formula is C13H18N4OS. The molecule has 5 nitrogen and oxygen atoms in total. The molecule has 0 saturated carbocycles. The monoisotopic (exact) mass is 278 g/mol. The molecule has 0 radical (unpaired) electrons. The average Bonchev–Trinajstić information content (AvgIpc) is 2.76. The molecule has 0 aliphatic rings. The number of fused-ring (bicyclic) bond motifs is 1. The molecule has 3 N–H and O–H groups in total. The van der Waals surface area contributed by atoms with Crippen LogP contribution in [0.5, 0.6) is 0 Å². The van der Waals surface area contributed by atoms with E-state index in [9.17, 15) is 4.79 Å². The minimum Gasteiger partial charge on any atom is -0.397 e. The van der Waals surface area contributed by atoms with Crippen LogP contribution in [-0.2, 0) is 0 Å². The predicted molar refractivity (Wildman–Crippen MR) is 79.5 cm³/mol. The smallest absolute Gasteiger partial charge is 0.263 e. The Balaban J connectivity index is 2.07. The van der Waals surface area contributed by atoms with Crippen LogP contribution in [0.2, 0.25) is 0 Å². The van der Waals surface area contributed by atoms with Crippen LogP contribution in [0.1, 0.15) is 16.6 Å². The number of hydrogen-bond acceptors (Lipinski definition) is 5. The van der Waals surface area contributed by atoms with Gasteiger partial charge < -0.3 is 16.0 Å². The normalized spacial score (nSPS) is 11.1. The number of hydrogen-bond donors (Lipinski definition) is 2. The van der Waals surface area contributed by atoms with Crippen LogP contribution < -0.4 is 11.1 Å². The molecule has 102 valence electrons. The van der Waals surface area contributed by atoms with Crippen LogP contribution in [-0.4, -0.2) is 42.5 Å². The summed E-state index contributed by atoms with van der Waals surface area (Å²) in [5.41, 5.74) is 6.52. The Morgan fingerprint density at radius 1 is 1.58 bits per heavy atom. The Morgan fingerprint density at radius 3 is 3.05 bits per heavy atom. The zero-order valence-electron chi connectivity index (χ0n) is 11.1. The minimum atomic E-state index is -0.120. The van der Waals surface area contributed by atoms with Gasteiger partial charge in [-0.15, -0.1) is 11.3 Å². The maximum Gasteiger partial charge on any atom is 0.263 e. The first kappa shape index (κ1) is 13.8. The highest BCUT2D eigenvalue weighted by molar-refractivity contribution is 7.21. The standard InChI is InChI=1S/C13H18N4OS/c1-3-17(2)8-7-15-12(18)11-10(14)9-5-4-6-16-13(9)19-11/h4-6H,3,7-8,14H2,1-2H3,(H,15,18). The zero-order chi connectivity index (χ0) is 13.8. The third-order valence-corrected chi connectivity index (χ3v) is 4.16. The van der Waals surface area contributed by atoms with Crippen molar-refractivity contribution in [3.8, 4) is 0 Å². The van der Waals surface area contributed by atoms with E-state index in [4.69, 9.17) is 5.73 Å². The lowest BCUT2D eigenvalue weighted by Gasteiger charge is -2.13. The van der Waals surface area contributed by atoms with Gasteiger partial charge in [-0.3, -0.25) is 4.79 Å². The van der Waals surface area contributed by atoms with Crippen LogP contribution in [0, 0.1) is 0 Å². The summed E-state index contributed by atoms with van der Waals surface area (Å²) in [5, 5.41) is 3.74. The first-order valence-electron chi connectivity index (χ1n) is 6.23. The molecule has 0 aliphatic carbocycles. The number of carbonyl (C=O) groups excluding carboxylic acids is 1. The van der Waals surface area contributed by atoms with Crippen LogP contribution in [0.3, 0.4) is 0 Å². The highest BCUT2D eigenvalue weighted by atomic mass is 32.1. The topological polar surface area (TPSA) is 71.2 Å². The highest BCUT2D eigenvalue weighted by Crippen LogP contribution is 2.31. The van der Waals surface area contributed by atoms with E-state index in [1.165, 1.54) is 11.3 Å². The lowest BCUT2D eigenvalue weighted by molar-refractivity contribution is 0.0955. The molecular weight excluding hydrogens is 260 g/mol. The molecule has 19 heavy (non-hydrogen) atoms. The molecule has 0 aromatic carbocycles. The third-order valence-electron chi connectivity index (χ3n) is 3.03. The summed E-state index contributed by atoms with van der Waals surface area (Å²) in [4.78, 5) is 19.8. The van der Waals surface area contributed by atoms with Crippen LogP contribution >= 0.6 is 11.3 Å². The van der Waals surface area contributed by atoms with E-state index in [-0.39, 0.29) is 5.91 Å². The minimum absolute atomic E-state index is 0.120. The van der Waals surface area contributed by atoms with E-state index in [1.54, 1.807) is 6.20 Å². The van der Waals surface area contributed by atoms with Crippen molar-refractivity contribution in [1.29, 1.82) is 0 Å². The summed E-state index contributed by atoms with van der Waals surface area (Å²) in [5.74, 6) is -0.120. The SMILES string of the molecule is CCN(C)CCNC(=O)c1sc2ncccc2c1N. The fourth-order valence-corrected chi connectivity index (χ4v) is 2.70. The molecule has 0 aliphatic heterocycles. The highest BCUT2D eigenvalue weighted by Gasteiger charge is 2.16. The fraction of sp³-hybridized carbons (Fsp3) is 0.385. The van der Waals surface area contributed by atoms with Crippen molar-refractivity contribution in [3.63, 3.8) is 0 Å². The third kappa shape index (κ3) is 3.02. The van der Waals surface area contributed by atoms with Crippen molar-refractivity contribution in [1.82, 2.24) is 15.2 Å². The second kappa shape index (κ2) is 5.99. The molecule has 0 unspecified atom stereocenters. The van der Waals surface area contributed by atoms with Gasteiger partial charge >= 0.3 is 0 Å². The number of rotatable bonds is 5. The average molecular weight is 278 g/mol. The molecule has 2 aromatic rings. The second-order valence-corrected chi connectivity index (χ2v) is 5.35. The van der Waals surface area contributed by atoms with Crippen LogP contribution in [0.15, 0.2) is 18.3 Å². The summed E-state index contributed by atoms with van der Waals surface area (Å²) in [6.45, 7) is 4.48. The van der Waals surface area contributed by atoms with Crippen molar-refractivity contribution in [3.05, 3.63) is 23.2 Å². The van der Waals surface area contributed by atoms with Crippen LogP contribution in [0.25, 0.3) is 10.2 Å². The molecule has 2 aromatic heterocycles. The Kier molecular flexibility index (Phi) is 4.34. The van der Waals surface area contributed by atoms with E-state index in [1.807, 2.05) is 19.2 Å². The number of amides is 1. The summed E-state index contributed by atoms with van der Waals surface area (Å²) < 4.78 is 0. The molecule has 0 fully saturated rings. The predicted octanol–water partition coefficient (Wildman–Crippen LogP) is 1.56. The molecule has 1 amide bonds. The lowest BCUT2D eigenvalue weighted by Crippen LogP contribution is -2.32. The summed E-state index contributed by atoms with van der Waals surface area (Å²) in [6.07, 6.45) is 1.70. The Hall–Kier alpha value is -1.66. The van der Waals surface area contributed by atoms with Gasteiger partial charge in [-0.25, -0.2) is 4.98 Å². The zero-order valence-corrected chi connectivity index (χ0v) is 12.0. The number of anilines is 1. The lowest BCUT2D eigenvalue weighted by atomic mass is 10.2. The maximum absolute atomic E-state index is 12.1. The largest absolute Gasteiger partial charge is 0.397 e. The van der Waals surface area contributed by atoms with Crippen molar-refractivity contribution >= 4 is 33.1 Å². The van der Waals surface area contributed by atoms with Gasteiger partial charge in [-0.1, -0.05) is 6.92 Å². The second-order valence-electron chi connectivity index (χ2n) is 4.35. The van der Waals surface area contributed by atoms with E-state index in [0.29, 0.717) is 17.1 Å². The summed E-state index contributed by atoms with van der Waals surface area (Å²) >= 11 is 1.33. The van der Waals surface area contributed by atoms with Gasteiger partial charge in [0, 0.05) is 24.7 Å². The first-order valence-corrected chi connectivity index (χ1v) is 7.05. The maximum atomic E-state index is 12.1. The molecule has 6 heteroatoms. The van der Waals surface area contributed by atoms with E-state index < -0.39 is 0 Å². The van der Waals surface area contributed by atoms with E-state index in [0.717, 1.165) is 23.3 Å². The van der Waals surface area contributed by atoms with E-state index >= 15 is 0 Å². The summed E-state index contributed by atoms with van der Waals surface area (Å²) in [6, 6.07) is 3.71. The Morgan fingerprint density at radius 2 is 2.37 bits per heavy atom. The molecule has 0 bridgehead atoms. The van der Waals surface area contributed by atoms with Gasteiger partial charge in [0.25, 0.3) is 5.91 Å². The molecule has 0 spiro atoms. The Labute approximate surface area is 116 Å². The number of nitrogens with one attached hydrogen (secondary N) is 1. The van der Waals surface area contributed by atoms with Gasteiger partial charge in [-0.2, -0.15) is 0 Å². The number of carbonyl (C=O) groups is 1. The molecule has 0 saturated heterocycles. The van der Waals surface area contributed by atoms with Gasteiger partial charge in [0.15, 0.2) is 0 Å². The quantitative estimate of drug-likeness (QED) is 0.870. The number of thiophene rings is 1. The summed E-state index contributed by atoms with van der Waals surface area (Å²) in [7, 11) is 2.02. The van der Waals surface area contributed by atoms with Crippen molar-refractivity contribution in [2.75, 3.05) is 32.4 Å². The van der Waals surface area contributed by atoms with Gasteiger partial charge in [0.2, 0.25) is 0 Å². The number of nitrogens with two attached hydrogens (primary N) is 1. The molecule has 2 rings (SSSR count). The van der Waals surface area contributed by atoms with Gasteiger partial charge in [0.05, 0.1) is 5.69 Å². The molecule has 2 heterocycles. The van der Waals surface area contributed by atoms with Gasteiger partial charge in [0.1, 0.15) is 9.71 Å². The first-order chi connectivity index (χ1) is 9.13. The van der Waals surface area contributed by atoms with Crippen LogP contribution in [0.4, 0.5) is 5.69 Å². The van der Waals surface area contributed by atoms with Gasteiger partial charge in [-0.05, 0) is 25.7 Å². The number of likely N-dealkylation sites (N-methyl/N-ethyl adjacent to an activating group) is 1. The van der Waals surface area contributed by atoms with Crippen molar-refractivity contribution in [2.24, 2.45) is 0 Å². The number of aromatic nitrogens is 1. The number of nitrogen functional groups attached to an aromatic ring is 1.